The van der Waals surface area contributed by atoms with Gasteiger partial charge in [0, 0.05) is 28.9 Å². The summed E-state index contributed by atoms with van der Waals surface area (Å²) in [5.41, 5.74) is 0.745. The first-order valence-corrected chi connectivity index (χ1v) is 8.95. The number of aryl methyl sites for hydroxylation is 1. The van der Waals surface area contributed by atoms with Gasteiger partial charge < -0.3 is 10.0 Å². The summed E-state index contributed by atoms with van der Waals surface area (Å²) in [6.45, 7) is 0.575. The first kappa shape index (κ1) is 17.3. The average Bonchev–Trinajstić information content (AvgIpc) is 2.48. The molecule has 1 heterocycles. The molecule has 22 heavy (non-hydrogen) atoms. The van der Waals surface area contributed by atoms with Crippen molar-refractivity contribution in [1.29, 1.82) is 0 Å². The Balaban J connectivity index is 1.97. The van der Waals surface area contributed by atoms with Crippen LogP contribution in [0.5, 0.6) is 0 Å². The molecular weight excluding hydrogens is 373 g/mol. The van der Waals surface area contributed by atoms with Gasteiger partial charge in [0.1, 0.15) is 5.82 Å². The number of carbonyl (C=O) groups excluding carboxylic acids is 1. The molecule has 1 aromatic rings. The lowest BCUT2D eigenvalue weighted by atomic mass is 10.1. The summed E-state index contributed by atoms with van der Waals surface area (Å²) in [5, 5.41) is 8.95. The maximum atomic E-state index is 13.2. The number of amides is 1. The Morgan fingerprint density at radius 2 is 2.23 bits per heavy atom. The van der Waals surface area contributed by atoms with Gasteiger partial charge in [0.2, 0.25) is 5.91 Å². The van der Waals surface area contributed by atoms with Gasteiger partial charge in [0.05, 0.1) is 12.5 Å². The predicted octanol–water partition coefficient (Wildman–Crippen LogP) is 2.94. The van der Waals surface area contributed by atoms with Crippen LogP contribution in [0, 0.1) is 5.82 Å². The molecule has 0 aliphatic carbocycles. The molecule has 0 saturated carbocycles. The van der Waals surface area contributed by atoms with Gasteiger partial charge in [0.15, 0.2) is 0 Å². The first-order valence-electron chi connectivity index (χ1n) is 7.00. The van der Waals surface area contributed by atoms with E-state index in [0.717, 1.165) is 15.8 Å². The van der Waals surface area contributed by atoms with E-state index in [0.29, 0.717) is 18.7 Å². The summed E-state index contributed by atoms with van der Waals surface area (Å²) in [6, 6.07) is 4.15. The molecule has 1 unspecified atom stereocenters. The highest BCUT2D eigenvalue weighted by Crippen LogP contribution is 2.22. The van der Waals surface area contributed by atoms with Crippen molar-refractivity contribution in [2.24, 2.45) is 0 Å². The van der Waals surface area contributed by atoms with Crippen LogP contribution in [0.15, 0.2) is 22.7 Å². The maximum Gasteiger partial charge on any atom is 0.305 e. The molecular formula is C15H17BrFNO3S. The minimum Gasteiger partial charge on any atom is -0.481 e. The molecule has 4 nitrogen and oxygen atoms in total. The summed E-state index contributed by atoms with van der Waals surface area (Å²) in [6.07, 6.45) is 0.659. The monoisotopic (exact) mass is 389 g/mol. The van der Waals surface area contributed by atoms with Crippen molar-refractivity contribution in [3.05, 3.63) is 34.1 Å². The van der Waals surface area contributed by atoms with Gasteiger partial charge in [-0.15, -0.1) is 0 Å². The van der Waals surface area contributed by atoms with Gasteiger partial charge in [-0.25, -0.2) is 4.39 Å². The fourth-order valence-corrected chi connectivity index (χ4v) is 3.98. The van der Waals surface area contributed by atoms with Crippen molar-refractivity contribution < 1.29 is 19.1 Å². The minimum absolute atomic E-state index is 0.0254. The van der Waals surface area contributed by atoms with Crippen molar-refractivity contribution in [2.75, 3.05) is 18.1 Å². The molecule has 1 aliphatic rings. The number of carboxylic acid groups (broad SMARTS) is 1. The van der Waals surface area contributed by atoms with Gasteiger partial charge in [-0.3, -0.25) is 9.59 Å². The van der Waals surface area contributed by atoms with E-state index in [4.69, 9.17) is 5.11 Å². The molecule has 0 aromatic heterocycles. The van der Waals surface area contributed by atoms with Crippen molar-refractivity contribution in [1.82, 2.24) is 4.90 Å². The van der Waals surface area contributed by atoms with Crippen molar-refractivity contribution >= 4 is 39.6 Å². The number of rotatable bonds is 5. The molecule has 120 valence electrons. The van der Waals surface area contributed by atoms with E-state index in [1.807, 2.05) is 0 Å². The highest BCUT2D eigenvalue weighted by atomic mass is 79.9. The maximum absolute atomic E-state index is 13.2. The lowest BCUT2D eigenvalue weighted by molar-refractivity contribution is -0.140. The zero-order chi connectivity index (χ0) is 16.1. The Morgan fingerprint density at radius 3 is 2.95 bits per heavy atom. The molecule has 1 aliphatic heterocycles. The number of carboxylic acids is 1. The third-order valence-corrected chi connectivity index (χ3v) is 5.44. The van der Waals surface area contributed by atoms with Crippen molar-refractivity contribution in [2.45, 2.75) is 25.3 Å². The van der Waals surface area contributed by atoms with E-state index in [-0.39, 0.29) is 30.6 Å². The number of hydrogen-bond acceptors (Lipinski definition) is 3. The number of thioether (sulfide) groups is 1. The van der Waals surface area contributed by atoms with E-state index in [1.54, 1.807) is 22.7 Å². The van der Waals surface area contributed by atoms with Gasteiger partial charge in [-0.05, 0) is 30.2 Å². The van der Waals surface area contributed by atoms with Crippen molar-refractivity contribution in [3.63, 3.8) is 0 Å². The molecule has 0 radical (unpaired) electrons. The SMILES string of the molecule is O=C(O)CC1CSCCN1C(=O)CCc1cc(F)ccc1Br. The zero-order valence-electron chi connectivity index (χ0n) is 11.9. The Labute approximate surface area is 141 Å². The summed E-state index contributed by atoms with van der Waals surface area (Å²) in [4.78, 5) is 24.9. The summed E-state index contributed by atoms with van der Waals surface area (Å²) >= 11 is 5.02. The summed E-state index contributed by atoms with van der Waals surface area (Å²) in [5.74, 6) is 0.192. The number of nitrogens with zero attached hydrogens (tertiary/aromatic N) is 1. The Hall–Kier alpha value is -1.08. The van der Waals surface area contributed by atoms with Crippen LogP contribution in [-0.4, -0.2) is 46.0 Å². The normalized spacial score (nSPS) is 18.3. The number of benzene rings is 1. The van der Waals surface area contributed by atoms with E-state index in [2.05, 4.69) is 15.9 Å². The fraction of sp³-hybridized carbons (Fsp3) is 0.467. The molecule has 0 bridgehead atoms. The van der Waals surface area contributed by atoms with Crippen LogP contribution in [0.1, 0.15) is 18.4 Å². The minimum atomic E-state index is -0.891. The molecule has 1 aromatic carbocycles. The van der Waals surface area contributed by atoms with Crippen LogP contribution in [-0.2, 0) is 16.0 Å². The second kappa shape index (κ2) is 7.97. The van der Waals surface area contributed by atoms with Gasteiger partial charge in [-0.2, -0.15) is 11.8 Å². The largest absolute Gasteiger partial charge is 0.481 e. The van der Waals surface area contributed by atoms with E-state index in [1.165, 1.54) is 12.1 Å². The van der Waals surface area contributed by atoms with Crippen LogP contribution < -0.4 is 0 Å². The standard InChI is InChI=1S/C15H17BrFNO3S/c16-13-3-2-11(17)7-10(13)1-4-14(19)18-5-6-22-9-12(18)8-15(20)21/h2-3,7,12H,1,4-6,8-9H2,(H,20,21). The fourth-order valence-electron chi connectivity index (χ4n) is 2.47. The third kappa shape index (κ3) is 4.71. The van der Waals surface area contributed by atoms with Crippen LogP contribution in [0.2, 0.25) is 0 Å². The lowest BCUT2D eigenvalue weighted by Crippen LogP contribution is -2.47. The van der Waals surface area contributed by atoms with Crippen molar-refractivity contribution in [3.8, 4) is 0 Å². The van der Waals surface area contributed by atoms with Gasteiger partial charge >= 0.3 is 5.97 Å². The third-order valence-electron chi connectivity index (χ3n) is 3.57. The molecule has 1 saturated heterocycles. The molecule has 1 fully saturated rings. The highest BCUT2D eigenvalue weighted by molar-refractivity contribution is 9.10. The van der Waals surface area contributed by atoms with Crippen LogP contribution in [0.4, 0.5) is 4.39 Å². The van der Waals surface area contributed by atoms with E-state index < -0.39 is 5.97 Å². The number of hydrogen-bond donors (Lipinski definition) is 1. The molecule has 2 rings (SSSR count). The molecule has 1 atom stereocenters. The Bertz CT molecular complexity index is 570. The highest BCUT2D eigenvalue weighted by Gasteiger charge is 2.28. The second-order valence-corrected chi connectivity index (χ2v) is 7.15. The lowest BCUT2D eigenvalue weighted by Gasteiger charge is -2.34. The second-order valence-electron chi connectivity index (χ2n) is 5.15. The number of carbonyl (C=O) groups is 2. The van der Waals surface area contributed by atoms with Crippen LogP contribution in [0.3, 0.4) is 0 Å². The first-order chi connectivity index (χ1) is 10.5. The summed E-state index contributed by atoms with van der Waals surface area (Å²) < 4.78 is 14.0. The van der Waals surface area contributed by atoms with Crippen LogP contribution in [0.25, 0.3) is 0 Å². The number of halogens is 2. The molecule has 0 spiro atoms. The number of aliphatic carboxylic acids is 1. The smallest absolute Gasteiger partial charge is 0.305 e. The van der Waals surface area contributed by atoms with Crippen LogP contribution >= 0.6 is 27.7 Å². The molecule has 7 heteroatoms. The summed E-state index contributed by atoms with van der Waals surface area (Å²) in [7, 11) is 0. The van der Waals surface area contributed by atoms with Gasteiger partial charge in [0.25, 0.3) is 0 Å². The Kier molecular flexibility index (Phi) is 6.26. The topological polar surface area (TPSA) is 57.6 Å². The molecule has 1 amide bonds. The Morgan fingerprint density at radius 1 is 1.45 bits per heavy atom. The van der Waals surface area contributed by atoms with E-state index in [9.17, 15) is 14.0 Å². The average molecular weight is 390 g/mol. The van der Waals surface area contributed by atoms with E-state index >= 15 is 0 Å². The zero-order valence-corrected chi connectivity index (χ0v) is 14.3. The molecule has 1 N–H and O–H groups in total. The van der Waals surface area contributed by atoms with Gasteiger partial charge in [-0.1, -0.05) is 15.9 Å². The predicted molar refractivity (Wildman–Crippen MR) is 87.5 cm³/mol. The quantitative estimate of drug-likeness (QED) is 0.840.